The molecule has 0 saturated heterocycles. The van der Waals surface area contributed by atoms with Crippen LogP contribution in [0.25, 0.3) is 11.0 Å². The van der Waals surface area contributed by atoms with E-state index in [0.717, 1.165) is 14.8 Å². The highest BCUT2D eigenvalue weighted by Gasteiger charge is 2.15. The first kappa shape index (κ1) is 15.0. The molecule has 0 aliphatic rings. The smallest absolute Gasteiger partial charge is 0.152 e. The van der Waals surface area contributed by atoms with E-state index in [1.54, 1.807) is 17.8 Å². The molecule has 2 aromatic carbocycles. The summed E-state index contributed by atoms with van der Waals surface area (Å²) in [6.07, 6.45) is -0.669. The van der Waals surface area contributed by atoms with E-state index in [-0.39, 0.29) is 0 Å². The third kappa shape index (κ3) is 3.46. The van der Waals surface area contributed by atoms with Gasteiger partial charge in [-0.15, -0.1) is 11.8 Å². The summed E-state index contributed by atoms with van der Waals surface area (Å²) in [5.41, 5.74) is 0.626. The quantitative estimate of drug-likeness (QED) is 0.589. The van der Waals surface area contributed by atoms with Crippen molar-refractivity contribution in [1.82, 2.24) is 0 Å². The van der Waals surface area contributed by atoms with E-state index >= 15 is 0 Å². The SMILES string of the molecule is OC(CSc1cccc(Br)c1)c1cc2cccc(Cl)c2o1. The number of para-hydroxylation sites is 1. The van der Waals surface area contributed by atoms with Gasteiger partial charge in [-0.25, -0.2) is 0 Å². The molecule has 108 valence electrons. The van der Waals surface area contributed by atoms with Gasteiger partial charge in [-0.1, -0.05) is 45.7 Å². The van der Waals surface area contributed by atoms with Crippen molar-refractivity contribution in [3.8, 4) is 0 Å². The molecule has 3 aromatic rings. The predicted molar refractivity (Wildman–Crippen MR) is 91.0 cm³/mol. The molecule has 5 heteroatoms. The van der Waals surface area contributed by atoms with Crippen LogP contribution >= 0.6 is 39.3 Å². The van der Waals surface area contributed by atoms with Gasteiger partial charge in [0.15, 0.2) is 5.58 Å². The second-order valence-corrected chi connectivity index (χ2v) is 7.01. The molecule has 0 aliphatic heterocycles. The topological polar surface area (TPSA) is 33.4 Å². The highest BCUT2D eigenvalue weighted by Crippen LogP contribution is 2.32. The van der Waals surface area contributed by atoms with Crippen LogP contribution in [0.15, 0.2) is 62.3 Å². The van der Waals surface area contributed by atoms with Crippen molar-refractivity contribution in [3.63, 3.8) is 0 Å². The number of aliphatic hydroxyl groups excluding tert-OH is 1. The Balaban J connectivity index is 1.75. The Bertz CT molecular complexity index is 772. The van der Waals surface area contributed by atoms with Crippen molar-refractivity contribution >= 4 is 50.3 Å². The average Bonchev–Trinajstić information content (AvgIpc) is 2.90. The molecule has 0 fully saturated rings. The number of furan rings is 1. The lowest BCUT2D eigenvalue weighted by atomic mass is 10.2. The zero-order valence-electron chi connectivity index (χ0n) is 10.9. The maximum absolute atomic E-state index is 10.3. The fraction of sp³-hybridized carbons (Fsp3) is 0.125. The Hall–Kier alpha value is -0.940. The van der Waals surface area contributed by atoms with Crippen molar-refractivity contribution in [1.29, 1.82) is 0 Å². The second kappa shape index (κ2) is 6.44. The summed E-state index contributed by atoms with van der Waals surface area (Å²) in [7, 11) is 0. The summed E-state index contributed by atoms with van der Waals surface area (Å²) >= 11 is 11.1. The second-order valence-electron chi connectivity index (χ2n) is 4.59. The fourth-order valence-electron chi connectivity index (χ4n) is 2.03. The Morgan fingerprint density at radius 1 is 1.19 bits per heavy atom. The largest absolute Gasteiger partial charge is 0.457 e. The van der Waals surface area contributed by atoms with E-state index in [9.17, 15) is 5.11 Å². The van der Waals surface area contributed by atoms with Crippen LogP contribution in [0.2, 0.25) is 5.02 Å². The predicted octanol–water partition coefficient (Wildman–Crippen LogP) is 5.67. The van der Waals surface area contributed by atoms with Crippen molar-refractivity contribution in [2.75, 3.05) is 5.75 Å². The monoisotopic (exact) mass is 382 g/mol. The Morgan fingerprint density at radius 3 is 2.76 bits per heavy atom. The average molecular weight is 384 g/mol. The minimum atomic E-state index is -0.669. The molecule has 1 unspecified atom stereocenters. The molecule has 3 rings (SSSR count). The highest BCUT2D eigenvalue weighted by molar-refractivity contribution is 9.10. The van der Waals surface area contributed by atoms with Gasteiger partial charge in [-0.3, -0.25) is 0 Å². The van der Waals surface area contributed by atoms with E-state index in [0.29, 0.717) is 22.1 Å². The van der Waals surface area contributed by atoms with Gasteiger partial charge in [0.25, 0.3) is 0 Å². The van der Waals surface area contributed by atoms with Gasteiger partial charge in [0.1, 0.15) is 11.9 Å². The minimum absolute atomic E-state index is 0.522. The van der Waals surface area contributed by atoms with Crippen molar-refractivity contribution < 1.29 is 9.52 Å². The summed E-state index contributed by atoms with van der Waals surface area (Å²) in [5.74, 6) is 1.06. The van der Waals surface area contributed by atoms with E-state index in [2.05, 4.69) is 15.9 Å². The number of rotatable bonds is 4. The van der Waals surface area contributed by atoms with Crippen LogP contribution in [0.5, 0.6) is 0 Å². The van der Waals surface area contributed by atoms with Crippen LogP contribution < -0.4 is 0 Å². The number of halogens is 2. The molecule has 1 N–H and O–H groups in total. The van der Waals surface area contributed by atoms with Gasteiger partial charge in [0, 0.05) is 20.5 Å². The Morgan fingerprint density at radius 2 is 2.00 bits per heavy atom. The lowest BCUT2D eigenvalue weighted by Gasteiger charge is -2.07. The number of benzene rings is 2. The summed E-state index contributed by atoms with van der Waals surface area (Å²) in [4.78, 5) is 1.09. The van der Waals surface area contributed by atoms with E-state index in [1.807, 2.05) is 42.5 Å². The van der Waals surface area contributed by atoms with Gasteiger partial charge >= 0.3 is 0 Å². The molecule has 0 amide bonds. The van der Waals surface area contributed by atoms with Crippen LogP contribution in [0.1, 0.15) is 11.9 Å². The fourth-order valence-corrected chi connectivity index (χ4v) is 3.70. The molecule has 0 radical (unpaired) electrons. The van der Waals surface area contributed by atoms with Crippen LogP contribution in [0.3, 0.4) is 0 Å². The molecule has 0 bridgehead atoms. The van der Waals surface area contributed by atoms with Crippen LogP contribution in [-0.4, -0.2) is 10.9 Å². The first-order chi connectivity index (χ1) is 10.1. The zero-order chi connectivity index (χ0) is 14.8. The Kier molecular flexibility index (Phi) is 4.60. The molecular formula is C16H12BrClO2S. The summed E-state index contributed by atoms with van der Waals surface area (Å²) in [6, 6.07) is 15.4. The number of hydrogen-bond donors (Lipinski definition) is 1. The molecule has 0 aliphatic carbocycles. The minimum Gasteiger partial charge on any atom is -0.457 e. The first-order valence-corrected chi connectivity index (χ1v) is 8.53. The normalized spacial score (nSPS) is 12.7. The molecule has 1 atom stereocenters. The van der Waals surface area contributed by atoms with Gasteiger partial charge in [-0.2, -0.15) is 0 Å². The highest BCUT2D eigenvalue weighted by atomic mass is 79.9. The summed E-state index contributed by atoms with van der Waals surface area (Å²) < 4.78 is 6.69. The molecule has 21 heavy (non-hydrogen) atoms. The van der Waals surface area contributed by atoms with Crippen LogP contribution in [-0.2, 0) is 0 Å². The van der Waals surface area contributed by atoms with E-state index < -0.39 is 6.10 Å². The lowest BCUT2D eigenvalue weighted by Crippen LogP contribution is -1.98. The third-order valence-corrected chi connectivity index (χ3v) is 4.91. The molecular weight excluding hydrogens is 372 g/mol. The molecule has 0 spiro atoms. The number of thioether (sulfide) groups is 1. The van der Waals surface area contributed by atoms with Gasteiger partial charge < -0.3 is 9.52 Å². The summed E-state index contributed by atoms with van der Waals surface area (Å²) in [6.45, 7) is 0. The van der Waals surface area contributed by atoms with Crippen molar-refractivity contribution in [2.24, 2.45) is 0 Å². The summed E-state index contributed by atoms with van der Waals surface area (Å²) in [5, 5.41) is 11.7. The van der Waals surface area contributed by atoms with Crippen molar-refractivity contribution in [2.45, 2.75) is 11.0 Å². The molecule has 1 aromatic heterocycles. The maximum Gasteiger partial charge on any atom is 0.152 e. The van der Waals surface area contributed by atoms with Crippen molar-refractivity contribution in [3.05, 3.63) is 63.8 Å². The van der Waals surface area contributed by atoms with Gasteiger partial charge in [0.05, 0.1) is 5.02 Å². The number of aliphatic hydroxyl groups is 1. The van der Waals surface area contributed by atoms with Gasteiger partial charge in [-0.05, 0) is 30.3 Å². The molecule has 1 heterocycles. The van der Waals surface area contributed by atoms with E-state index in [1.165, 1.54) is 0 Å². The Labute approximate surface area is 140 Å². The zero-order valence-corrected chi connectivity index (χ0v) is 14.1. The van der Waals surface area contributed by atoms with Crippen LogP contribution in [0.4, 0.5) is 0 Å². The third-order valence-electron chi connectivity index (χ3n) is 3.05. The lowest BCUT2D eigenvalue weighted by molar-refractivity contribution is 0.177. The number of fused-ring (bicyclic) bond motifs is 1. The number of hydrogen-bond acceptors (Lipinski definition) is 3. The van der Waals surface area contributed by atoms with Crippen LogP contribution in [0, 0.1) is 0 Å². The van der Waals surface area contributed by atoms with Gasteiger partial charge in [0.2, 0.25) is 0 Å². The maximum atomic E-state index is 10.3. The standard InChI is InChI=1S/C16H12BrClO2S/c17-11-4-2-5-12(8-11)21-9-14(19)15-7-10-3-1-6-13(18)16(10)20-15/h1-8,14,19H,9H2. The van der Waals surface area contributed by atoms with E-state index in [4.69, 9.17) is 16.0 Å². The first-order valence-electron chi connectivity index (χ1n) is 6.38. The molecule has 0 saturated carbocycles. The molecule has 2 nitrogen and oxygen atoms in total.